The number of urea groups is 1. The highest BCUT2D eigenvalue weighted by Crippen LogP contribution is 2.06. The fourth-order valence-corrected chi connectivity index (χ4v) is 2.15. The van der Waals surface area contributed by atoms with Crippen LogP contribution in [0, 0.1) is 0 Å². The second-order valence-electron chi connectivity index (χ2n) is 4.39. The summed E-state index contributed by atoms with van der Waals surface area (Å²) < 4.78 is 0. The van der Waals surface area contributed by atoms with E-state index in [1.54, 1.807) is 23.2 Å². The number of aliphatic hydroxyl groups excluding tert-OH is 1. The molecule has 2 N–H and O–H groups in total. The van der Waals surface area contributed by atoms with Crippen molar-refractivity contribution in [2.24, 2.45) is 0 Å². The molecule has 5 heteroatoms. The summed E-state index contributed by atoms with van der Waals surface area (Å²) >= 11 is 1.61. The smallest absolute Gasteiger partial charge is 0.317 e. The molecule has 0 aliphatic carbocycles. The van der Waals surface area contributed by atoms with Crippen LogP contribution in [0.15, 0.2) is 16.8 Å². The predicted molar refractivity (Wildman–Crippen MR) is 70.1 cm³/mol. The van der Waals surface area contributed by atoms with Gasteiger partial charge in [0.2, 0.25) is 0 Å². The Morgan fingerprint density at radius 3 is 2.71 bits per heavy atom. The monoisotopic (exact) mass is 256 g/mol. The molecule has 0 saturated carbocycles. The van der Waals surface area contributed by atoms with E-state index in [1.165, 1.54) is 0 Å². The maximum Gasteiger partial charge on any atom is 0.317 e. The van der Waals surface area contributed by atoms with E-state index >= 15 is 0 Å². The Labute approximate surface area is 106 Å². The molecule has 0 aliphatic heterocycles. The van der Waals surface area contributed by atoms with E-state index in [1.807, 2.05) is 30.7 Å². The average Bonchev–Trinajstić information content (AvgIpc) is 2.74. The predicted octanol–water partition coefficient (Wildman–Crippen LogP) is 2.05. The fourth-order valence-electron chi connectivity index (χ4n) is 1.49. The molecule has 0 radical (unpaired) electrons. The third kappa shape index (κ3) is 4.75. The number of aliphatic hydroxyl groups is 1. The lowest BCUT2D eigenvalue weighted by molar-refractivity contribution is 0.119. The SMILES string of the molecule is CC(O)CN(C(=O)NCc1ccsc1)C(C)C. The first-order chi connectivity index (χ1) is 8.00. The van der Waals surface area contributed by atoms with E-state index in [4.69, 9.17) is 0 Å². The number of nitrogens with one attached hydrogen (secondary N) is 1. The van der Waals surface area contributed by atoms with E-state index in [9.17, 15) is 9.90 Å². The summed E-state index contributed by atoms with van der Waals surface area (Å²) in [6.07, 6.45) is -0.510. The van der Waals surface area contributed by atoms with Crippen LogP contribution in [0.1, 0.15) is 26.3 Å². The summed E-state index contributed by atoms with van der Waals surface area (Å²) in [6.45, 7) is 6.44. The minimum atomic E-state index is -0.510. The van der Waals surface area contributed by atoms with Gasteiger partial charge in [-0.15, -0.1) is 0 Å². The molecule has 0 spiro atoms. The van der Waals surface area contributed by atoms with Gasteiger partial charge in [0, 0.05) is 19.1 Å². The Morgan fingerprint density at radius 2 is 2.24 bits per heavy atom. The van der Waals surface area contributed by atoms with Crippen LogP contribution in [0.5, 0.6) is 0 Å². The molecule has 96 valence electrons. The first-order valence-corrected chi connectivity index (χ1v) is 6.68. The second kappa shape index (κ2) is 6.61. The number of nitrogens with zero attached hydrogens (tertiary/aromatic N) is 1. The Bertz CT molecular complexity index is 336. The summed E-state index contributed by atoms with van der Waals surface area (Å²) in [5, 5.41) is 16.2. The highest BCUT2D eigenvalue weighted by atomic mass is 32.1. The normalized spacial score (nSPS) is 12.5. The summed E-state index contributed by atoms with van der Waals surface area (Å²) in [6, 6.07) is 1.93. The summed E-state index contributed by atoms with van der Waals surface area (Å²) in [7, 11) is 0. The van der Waals surface area contributed by atoms with Crippen LogP contribution in [-0.2, 0) is 6.54 Å². The van der Waals surface area contributed by atoms with E-state index < -0.39 is 6.10 Å². The number of rotatable bonds is 5. The van der Waals surface area contributed by atoms with Crippen molar-refractivity contribution in [3.8, 4) is 0 Å². The molecular formula is C12H20N2O2S. The molecule has 2 amide bonds. The topological polar surface area (TPSA) is 52.6 Å². The first kappa shape index (κ1) is 14.0. The van der Waals surface area contributed by atoms with Gasteiger partial charge in [-0.25, -0.2) is 4.79 Å². The van der Waals surface area contributed by atoms with Crippen molar-refractivity contribution >= 4 is 17.4 Å². The average molecular weight is 256 g/mol. The second-order valence-corrected chi connectivity index (χ2v) is 5.17. The molecule has 0 bridgehead atoms. The minimum Gasteiger partial charge on any atom is -0.392 e. The fraction of sp³-hybridized carbons (Fsp3) is 0.583. The third-order valence-corrected chi connectivity index (χ3v) is 3.10. The number of hydrogen-bond donors (Lipinski definition) is 2. The Balaban J connectivity index is 2.47. The molecule has 1 unspecified atom stereocenters. The van der Waals surface area contributed by atoms with Crippen LogP contribution in [0.4, 0.5) is 4.79 Å². The minimum absolute atomic E-state index is 0.0760. The molecule has 1 atom stereocenters. The van der Waals surface area contributed by atoms with Gasteiger partial charge in [-0.05, 0) is 43.2 Å². The van der Waals surface area contributed by atoms with Crippen molar-refractivity contribution in [2.45, 2.75) is 39.5 Å². The molecule has 1 heterocycles. The van der Waals surface area contributed by atoms with Gasteiger partial charge in [-0.1, -0.05) is 0 Å². The van der Waals surface area contributed by atoms with Gasteiger partial charge in [-0.3, -0.25) is 0 Å². The van der Waals surface area contributed by atoms with Crippen molar-refractivity contribution in [2.75, 3.05) is 6.54 Å². The third-order valence-electron chi connectivity index (χ3n) is 2.37. The Hall–Kier alpha value is -1.07. The van der Waals surface area contributed by atoms with Crippen LogP contribution >= 0.6 is 11.3 Å². The van der Waals surface area contributed by atoms with E-state index in [-0.39, 0.29) is 12.1 Å². The van der Waals surface area contributed by atoms with Gasteiger partial charge < -0.3 is 15.3 Å². The molecule has 0 aliphatic rings. The zero-order valence-corrected chi connectivity index (χ0v) is 11.3. The molecule has 0 aromatic carbocycles. The summed E-state index contributed by atoms with van der Waals surface area (Å²) in [5.41, 5.74) is 1.10. The summed E-state index contributed by atoms with van der Waals surface area (Å²) in [4.78, 5) is 13.6. The molecule has 1 aromatic rings. The van der Waals surface area contributed by atoms with Crippen molar-refractivity contribution in [3.05, 3.63) is 22.4 Å². The van der Waals surface area contributed by atoms with Crippen molar-refractivity contribution < 1.29 is 9.90 Å². The number of hydrogen-bond acceptors (Lipinski definition) is 3. The maximum absolute atomic E-state index is 11.9. The summed E-state index contributed by atoms with van der Waals surface area (Å²) in [5.74, 6) is 0. The van der Waals surface area contributed by atoms with Gasteiger partial charge in [0.15, 0.2) is 0 Å². The quantitative estimate of drug-likeness (QED) is 0.847. The van der Waals surface area contributed by atoms with Gasteiger partial charge >= 0.3 is 6.03 Å². The zero-order valence-electron chi connectivity index (χ0n) is 10.5. The molecule has 17 heavy (non-hydrogen) atoms. The van der Waals surface area contributed by atoms with Crippen molar-refractivity contribution in [1.82, 2.24) is 10.2 Å². The molecule has 4 nitrogen and oxygen atoms in total. The number of carbonyl (C=O) groups excluding carboxylic acids is 1. The standard InChI is InChI=1S/C12H20N2O2S/c1-9(2)14(7-10(3)15)12(16)13-6-11-4-5-17-8-11/h4-5,8-10,15H,6-7H2,1-3H3,(H,13,16). The lowest BCUT2D eigenvalue weighted by Crippen LogP contribution is -2.46. The molecule has 0 saturated heterocycles. The van der Waals surface area contributed by atoms with Gasteiger partial charge in [0.25, 0.3) is 0 Å². The lowest BCUT2D eigenvalue weighted by atomic mass is 10.3. The van der Waals surface area contributed by atoms with Crippen molar-refractivity contribution in [1.29, 1.82) is 0 Å². The number of amides is 2. The first-order valence-electron chi connectivity index (χ1n) is 5.74. The maximum atomic E-state index is 11.9. The van der Waals surface area contributed by atoms with Gasteiger partial charge in [0.05, 0.1) is 6.10 Å². The molecule has 1 rings (SSSR count). The van der Waals surface area contributed by atoms with E-state index in [0.29, 0.717) is 13.1 Å². The molecule has 1 aromatic heterocycles. The van der Waals surface area contributed by atoms with E-state index in [0.717, 1.165) is 5.56 Å². The largest absolute Gasteiger partial charge is 0.392 e. The van der Waals surface area contributed by atoms with Crippen molar-refractivity contribution in [3.63, 3.8) is 0 Å². The van der Waals surface area contributed by atoms with Gasteiger partial charge in [0.1, 0.15) is 0 Å². The lowest BCUT2D eigenvalue weighted by Gasteiger charge is -2.28. The van der Waals surface area contributed by atoms with Crippen LogP contribution in [0.2, 0.25) is 0 Å². The van der Waals surface area contributed by atoms with Crippen LogP contribution < -0.4 is 5.32 Å². The highest BCUT2D eigenvalue weighted by molar-refractivity contribution is 7.07. The Kier molecular flexibility index (Phi) is 5.44. The van der Waals surface area contributed by atoms with Crippen LogP contribution in [0.3, 0.4) is 0 Å². The number of thiophene rings is 1. The van der Waals surface area contributed by atoms with Crippen LogP contribution in [-0.4, -0.2) is 34.7 Å². The highest BCUT2D eigenvalue weighted by Gasteiger charge is 2.18. The zero-order chi connectivity index (χ0) is 12.8. The van der Waals surface area contributed by atoms with Gasteiger partial charge in [-0.2, -0.15) is 11.3 Å². The number of carbonyl (C=O) groups is 1. The Morgan fingerprint density at radius 1 is 1.53 bits per heavy atom. The van der Waals surface area contributed by atoms with Crippen LogP contribution in [0.25, 0.3) is 0 Å². The van der Waals surface area contributed by atoms with E-state index in [2.05, 4.69) is 5.32 Å². The molecule has 0 fully saturated rings. The molecular weight excluding hydrogens is 236 g/mol.